The predicted molar refractivity (Wildman–Crippen MR) is 128 cm³/mol. The second-order valence-electron chi connectivity index (χ2n) is 9.00. The third-order valence-electron chi connectivity index (χ3n) is 6.86. The molecule has 0 radical (unpaired) electrons. The van der Waals surface area contributed by atoms with E-state index in [9.17, 15) is 9.59 Å². The highest BCUT2D eigenvalue weighted by molar-refractivity contribution is 5.94. The van der Waals surface area contributed by atoms with Gasteiger partial charge in [0.25, 0.3) is 5.91 Å². The molecular formula is C26H29N5O2. The lowest BCUT2D eigenvalue weighted by atomic mass is 9.89. The zero-order chi connectivity index (χ0) is 22.8. The third-order valence-corrected chi connectivity index (χ3v) is 6.86. The van der Waals surface area contributed by atoms with Crippen molar-refractivity contribution in [3.8, 4) is 0 Å². The van der Waals surface area contributed by atoms with E-state index in [0.29, 0.717) is 5.92 Å². The van der Waals surface area contributed by atoms with Crippen LogP contribution in [0.4, 0.5) is 11.4 Å². The van der Waals surface area contributed by atoms with Crippen molar-refractivity contribution in [3.05, 3.63) is 78.4 Å². The normalized spacial score (nSPS) is 17.0. The van der Waals surface area contributed by atoms with Gasteiger partial charge in [-0.1, -0.05) is 12.1 Å². The van der Waals surface area contributed by atoms with Crippen molar-refractivity contribution in [2.75, 3.05) is 36.4 Å². The second-order valence-corrected chi connectivity index (χ2v) is 9.00. The van der Waals surface area contributed by atoms with Crippen LogP contribution < -0.4 is 10.2 Å². The number of carbonyl (C=O) groups is 2. The van der Waals surface area contributed by atoms with Crippen LogP contribution in [-0.2, 0) is 11.8 Å². The Balaban J connectivity index is 1.11. The highest BCUT2D eigenvalue weighted by atomic mass is 16.2. The Morgan fingerprint density at radius 2 is 1.76 bits per heavy atom. The number of carbonyl (C=O) groups excluding carboxylic acids is 2. The van der Waals surface area contributed by atoms with Crippen molar-refractivity contribution in [1.29, 1.82) is 0 Å². The van der Waals surface area contributed by atoms with Gasteiger partial charge in [-0.05, 0) is 60.7 Å². The number of likely N-dealkylation sites (tertiary alicyclic amines) is 1. The summed E-state index contributed by atoms with van der Waals surface area (Å²) in [7, 11) is 1.90. The molecule has 1 aromatic carbocycles. The van der Waals surface area contributed by atoms with Gasteiger partial charge in [-0.25, -0.2) is 0 Å². The number of benzene rings is 1. The first-order valence-electron chi connectivity index (χ1n) is 11.5. The molecule has 1 N–H and O–H groups in total. The third kappa shape index (κ3) is 4.49. The number of rotatable bonds is 5. The van der Waals surface area contributed by atoms with Crippen LogP contribution in [0.25, 0.3) is 0 Å². The maximum absolute atomic E-state index is 12.7. The van der Waals surface area contributed by atoms with E-state index in [1.165, 1.54) is 5.56 Å². The molecule has 0 saturated carbocycles. The van der Waals surface area contributed by atoms with Gasteiger partial charge in [0.1, 0.15) is 5.69 Å². The van der Waals surface area contributed by atoms with Gasteiger partial charge in [0.15, 0.2) is 0 Å². The summed E-state index contributed by atoms with van der Waals surface area (Å²) in [5.74, 6) is 0.607. The number of nitrogens with one attached hydrogen (secondary N) is 1. The minimum atomic E-state index is -0.00373. The molecule has 0 atom stereocenters. The van der Waals surface area contributed by atoms with Gasteiger partial charge in [0.05, 0.1) is 17.8 Å². The topological polar surface area (TPSA) is 70.5 Å². The molecule has 2 fully saturated rings. The fourth-order valence-electron chi connectivity index (χ4n) is 4.74. The Labute approximate surface area is 194 Å². The number of hydrogen-bond donors (Lipinski definition) is 1. The first-order chi connectivity index (χ1) is 16.1. The van der Waals surface area contributed by atoms with Crippen molar-refractivity contribution >= 4 is 23.2 Å². The quantitative estimate of drug-likeness (QED) is 0.655. The molecule has 2 amide bonds. The number of amides is 2. The molecule has 2 aliphatic heterocycles. The minimum Gasteiger partial charge on any atom is -0.369 e. The lowest BCUT2D eigenvalue weighted by molar-refractivity contribution is -0.120. The number of anilines is 2. The summed E-state index contributed by atoms with van der Waals surface area (Å²) in [6.07, 6.45) is 7.39. The second kappa shape index (κ2) is 9.10. The highest BCUT2D eigenvalue weighted by Crippen LogP contribution is 2.30. The molecule has 0 spiro atoms. The predicted octanol–water partition coefficient (Wildman–Crippen LogP) is 3.51. The van der Waals surface area contributed by atoms with Gasteiger partial charge in [0, 0.05) is 51.3 Å². The molecule has 7 nitrogen and oxygen atoms in total. The number of aromatic nitrogens is 2. The van der Waals surface area contributed by atoms with Crippen molar-refractivity contribution in [2.45, 2.75) is 18.8 Å². The zero-order valence-corrected chi connectivity index (χ0v) is 18.9. The Morgan fingerprint density at radius 1 is 1.00 bits per heavy atom. The first kappa shape index (κ1) is 21.2. The van der Waals surface area contributed by atoms with Crippen LogP contribution in [0, 0.1) is 5.92 Å². The molecule has 0 bridgehead atoms. The van der Waals surface area contributed by atoms with E-state index >= 15 is 0 Å². The minimum absolute atomic E-state index is 0.00373. The Bertz CT molecular complexity index is 1110. The van der Waals surface area contributed by atoms with E-state index in [4.69, 9.17) is 0 Å². The van der Waals surface area contributed by atoms with Gasteiger partial charge < -0.3 is 19.7 Å². The smallest absolute Gasteiger partial charge is 0.270 e. The summed E-state index contributed by atoms with van der Waals surface area (Å²) in [4.78, 5) is 33.6. The van der Waals surface area contributed by atoms with Crippen molar-refractivity contribution in [2.24, 2.45) is 13.0 Å². The van der Waals surface area contributed by atoms with E-state index in [1.54, 1.807) is 6.20 Å². The van der Waals surface area contributed by atoms with Gasteiger partial charge in [-0.3, -0.25) is 14.6 Å². The summed E-state index contributed by atoms with van der Waals surface area (Å²) in [5, 5.41) is 3.05. The zero-order valence-electron chi connectivity index (χ0n) is 18.9. The van der Waals surface area contributed by atoms with Gasteiger partial charge in [-0.15, -0.1) is 0 Å². The lowest BCUT2D eigenvalue weighted by Gasteiger charge is -2.39. The standard InChI is InChI=1S/C26H29N5O2/c1-29-13-3-5-24(29)26(33)30-14-10-20(11-15-30)19-6-8-22(9-7-19)28-25(32)21-17-31(18-21)23-4-2-12-27-16-23/h2-9,12-13,16,20-21H,10-11,14-15,17-18H2,1H3,(H,28,32). The van der Waals surface area contributed by atoms with Crippen LogP contribution in [0.15, 0.2) is 67.1 Å². The van der Waals surface area contributed by atoms with E-state index in [-0.39, 0.29) is 17.7 Å². The average molecular weight is 444 g/mol. The van der Waals surface area contributed by atoms with E-state index < -0.39 is 0 Å². The molecule has 2 saturated heterocycles. The lowest BCUT2D eigenvalue weighted by Crippen LogP contribution is -2.52. The summed E-state index contributed by atoms with van der Waals surface area (Å²) >= 11 is 0. The van der Waals surface area contributed by atoms with Gasteiger partial charge in [0.2, 0.25) is 5.91 Å². The number of hydrogen-bond acceptors (Lipinski definition) is 4. The summed E-state index contributed by atoms with van der Waals surface area (Å²) in [5.41, 5.74) is 3.90. The summed E-state index contributed by atoms with van der Waals surface area (Å²) < 4.78 is 1.88. The summed E-state index contributed by atoms with van der Waals surface area (Å²) in [6.45, 7) is 2.97. The van der Waals surface area contributed by atoms with E-state index in [2.05, 4.69) is 27.3 Å². The molecule has 4 heterocycles. The van der Waals surface area contributed by atoms with Crippen LogP contribution in [0.5, 0.6) is 0 Å². The number of pyridine rings is 1. The molecule has 2 aliphatic rings. The molecule has 2 aromatic heterocycles. The molecule has 5 rings (SSSR count). The molecule has 33 heavy (non-hydrogen) atoms. The molecular weight excluding hydrogens is 414 g/mol. The van der Waals surface area contributed by atoms with Gasteiger partial charge in [-0.2, -0.15) is 0 Å². The monoisotopic (exact) mass is 443 g/mol. The van der Waals surface area contributed by atoms with Crippen molar-refractivity contribution in [3.63, 3.8) is 0 Å². The highest BCUT2D eigenvalue weighted by Gasteiger charge is 2.33. The van der Waals surface area contributed by atoms with E-state index in [0.717, 1.165) is 56.1 Å². The van der Waals surface area contributed by atoms with E-state index in [1.807, 2.05) is 65.3 Å². The van der Waals surface area contributed by atoms with Crippen molar-refractivity contribution in [1.82, 2.24) is 14.5 Å². The molecule has 0 aliphatic carbocycles. The molecule has 7 heteroatoms. The number of nitrogens with zero attached hydrogens (tertiary/aromatic N) is 4. The SMILES string of the molecule is Cn1cccc1C(=O)N1CCC(c2ccc(NC(=O)C3CN(c4cccnc4)C3)cc2)CC1. The molecule has 3 aromatic rings. The molecule has 170 valence electrons. The Kier molecular flexibility index (Phi) is 5.86. The van der Waals surface area contributed by atoms with Gasteiger partial charge >= 0.3 is 0 Å². The first-order valence-corrected chi connectivity index (χ1v) is 11.5. The van der Waals surface area contributed by atoms with Crippen LogP contribution >= 0.6 is 0 Å². The largest absolute Gasteiger partial charge is 0.369 e. The molecule has 0 unspecified atom stereocenters. The average Bonchev–Trinajstić information content (AvgIpc) is 3.25. The number of aryl methyl sites for hydroxylation is 1. The fourth-order valence-corrected chi connectivity index (χ4v) is 4.74. The van der Waals surface area contributed by atoms with Crippen LogP contribution in [0.1, 0.15) is 34.8 Å². The van der Waals surface area contributed by atoms with Crippen LogP contribution in [0.3, 0.4) is 0 Å². The van der Waals surface area contributed by atoms with Crippen LogP contribution in [-0.4, -0.2) is 52.4 Å². The Hall–Kier alpha value is -3.61. The summed E-state index contributed by atoms with van der Waals surface area (Å²) in [6, 6.07) is 15.9. The maximum atomic E-state index is 12.7. The van der Waals surface area contributed by atoms with Crippen molar-refractivity contribution < 1.29 is 9.59 Å². The fraction of sp³-hybridized carbons (Fsp3) is 0.346. The number of piperidine rings is 1. The maximum Gasteiger partial charge on any atom is 0.270 e. The van der Waals surface area contributed by atoms with Crippen LogP contribution in [0.2, 0.25) is 0 Å². The Morgan fingerprint density at radius 3 is 2.39 bits per heavy atom.